The molecule has 1 aliphatic rings. The number of carbonyl (C=O) groups is 1. The summed E-state index contributed by atoms with van der Waals surface area (Å²) in [4.78, 5) is 11.7. The Kier molecular flexibility index (Phi) is 9.59. The highest BCUT2D eigenvalue weighted by Crippen LogP contribution is 2.40. The first-order valence-electron chi connectivity index (χ1n) is 10.8. The number of ether oxygens (including phenoxy) is 1. The molecule has 0 radical (unpaired) electrons. The summed E-state index contributed by atoms with van der Waals surface area (Å²) < 4.78 is 33.0. The van der Waals surface area contributed by atoms with Crippen molar-refractivity contribution in [3.8, 4) is 0 Å². The van der Waals surface area contributed by atoms with Gasteiger partial charge in [-0.3, -0.25) is 9.10 Å². The number of nitrogens with zero attached hydrogens (tertiary/aromatic N) is 1. The molecule has 0 amide bonds. The highest BCUT2D eigenvalue weighted by atomic mass is 35.5. The highest BCUT2D eigenvalue weighted by Gasteiger charge is 2.36. The molecule has 2 rings (SSSR count). The third kappa shape index (κ3) is 6.11. The van der Waals surface area contributed by atoms with Gasteiger partial charge >= 0.3 is 5.97 Å². The number of fused-ring (bicyclic) bond motifs is 1. The fraction of sp³-hybridized carbons (Fsp3) is 0.522. The topological polar surface area (TPSA) is 75.7 Å². The van der Waals surface area contributed by atoms with Gasteiger partial charge in [0, 0.05) is 18.5 Å². The smallest absolute Gasteiger partial charge is 0.305 e. The van der Waals surface area contributed by atoms with E-state index in [1.807, 2.05) is 26.0 Å². The third-order valence-corrected chi connectivity index (χ3v) is 7.35. The Bertz CT molecular complexity index is 941. The summed E-state index contributed by atoms with van der Waals surface area (Å²) in [6, 6.07) is 4.77. The van der Waals surface area contributed by atoms with Crippen LogP contribution in [0.3, 0.4) is 0 Å². The molecule has 1 atom stereocenters. The van der Waals surface area contributed by atoms with Crippen LogP contribution in [-0.4, -0.2) is 38.9 Å². The van der Waals surface area contributed by atoms with Crippen molar-refractivity contribution in [2.45, 2.75) is 63.8 Å². The van der Waals surface area contributed by atoms with Gasteiger partial charge in [-0.2, -0.15) is 0 Å². The average molecular weight is 469 g/mol. The minimum Gasteiger partial charge on any atom is -0.466 e. The van der Waals surface area contributed by atoms with Crippen LogP contribution in [0.2, 0.25) is 5.02 Å². The molecule has 1 aromatic carbocycles. The third-order valence-electron chi connectivity index (χ3n) is 5.29. The SMILES string of the molecule is CC=C1/C(=C\CC)N(C)S(=O)(=O)c2cc(Cl)ccc2C1NCCCCCC(=O)OCC. The molecule has 0 saturated carbocycles. The number of nitrogens with one attached hydrogen (secondary N) is 1. The Hall–Kier alpha value is -1.83. The maximum absolute atomic E-state index is 13.3. The maximum Gasteiger partial charge on any atom is 0.305 e. The Morgan fingerprint density at radius 2 is 2.00 bits per heavy atom. The van der Waals surface area contributed by atoms with Crippen LogP contribution in [0.15, 0.2) is 46.5 Å². The molecule has 0 fully saturated rings. The molecule has 0 bridgehead atoms. The molecule has 0 spiro atoms. The summed E-state index contributed by atoms with van der Waals surface area (Å²) in [5.41, 5.74) is 2.29. The molecule has 1 N–H and O–H groups in total. The molecule has 1 aliphatic heterocycles. The van der Waals surface area contributed by atoms with Crippen molar-refractivity contribution in [2.75, 3.05) is 20.2 Å². The van der Waals surface area contributed by atoms with Crippen LogP contribution in [0.4, 0.5) is 0 Å². The molecule has 6 nitrogen and oxygen atoms in total. The first-order valence-corrected chi connectivity index (χ1v) is 12.6. The van der Waals surface area contributed by atoms with Gasteiger partial charge in [0.2, 0.25) is 0 Å². The number of sulfonamides is 1. The second-order valence-electron chi connectivity index (χ2n) is 7.40. The van der Waals surface area contributed by atoms with Crippen molar-refractivity contribution in [2.24, 2.45) is 0 Å². The van der Waals surface area contributed by atoms with Gasteiger partial charge in [-0.25, -0.2) is 8.42 Å². The molecule has 1 heterocycles. The Balaban J connectivity index is 2.27. The molecule has 0 saturated heterocycles. The largest absolute Gasteiger partial charge is 0.466 e. The van der Waals surface area contributed by atoms with Gasteiger partial charge in [-0.15, -0.1) is 0 Å². The number of esters is 1. The van der Waals surface area contributed by atoms with Gasteiger partial charge in [0.15, 0.2) is 0 Å². The van der Waals surface area contributed by atoms with Crippen LogP contribution in [0.5, 0.6) is 0 Å². The molecular weight excluding hydrogens is 436 g/mol. The predicted octanol–water partition coefficient (Wildman–Crippen LogP) is 4.97. The van der Waals surface area contributed by atoms with Crippen LogP contribution in [0.25, 0.3) is 0 Å². The lowest BCUT2D eigenvalue weighted by Crippen LogP contribution is -2.27. The first kappa shape index (κ1) is 25.4. The second kappa shape index (κ2) is 11.7. The predicted molar refractivity (Wildman–Crippen MR) is 124 cm³/mol. The molecule has 0 aliphatic carbocycles. The molecule has 31 heavy (non-hydrogen) atoms. The number of unbranched alkanes of at least 4 members (excludes halogenated alkanes) is 2. The van der Waals surface area contributed by atoms with Gasteiger partial charge in [-0.1, -0.05) is 43.2 Å². The lowest BCUT2D eigenvalue weighted by molar-refractivity contribution is -0.143. The van der Waals surface area contributed by atoms with E-state index in [4.69, 9.17) is 16.3 Å². The number of rotatable bonds is 9. The Morgan fingerprint density at radius 1 is 1.26 bits per heavy atom. The van der Waals surface area contributed by atoms with Crippen molar-refractivity contribution in [3.63, 3.8) is 0 Å². The zero-order chi connectivity index (χ0) is 23.0. The van der Waals surface area contributed by atoms with Crippen molar-refractivity contribution < 1.29 is 17.9 Å². The summed E-state index contributed by atoms with van der Waals surface area (Å²) in [6.07, 6.45) is 7.56. The fourth-order valence-electron chi connectivity index (χ4n) is 3.77. The molecule has 8 heteroatoms. The zero-order valence-corrected chi connectivity index (χ0v) is 20.4. The van der Waals surface area contributed by atoms with Crippen LogP contribution < -0.4 is 5.32 Å². The molecule has 172 valence electrons. The van der Waals surface area contributed by atoms with E-state index in [1.165, 1.54) is 10.4 Å². The number of hydrogen-bond donors (Lipinski definition) is 1. The second-order valence-corrected chi connectivity index (χ2v) is 9.77. The molecular formula is C23H33ClN2O4S. The van der Waals surface area contributed by atoms with E-state index in [0.29, 0.717) is 42.3 Å². The van der Waals surface area contributed by atoms with Gasteiger partial charge in [0.1, 0.15) is 0 Å². The quantitative estimate of drug-likeness (QED) is 0.409. The summed E-state index contributed by atoms with van der Waals surface area (Å²) in [7, 11) is -2.15. The first-order chi connectivity index (χ1) is 14.8. The number of hydrogen-bond acceptors (Lipinski definition) is 5. The number of allylic oxidation sites excluding steroid dienone is 2. The highest BCUT2D eigenvalue weighted by molar-refractivity contribution is 7.89. The number of likely N-dealkylation sites (N-methyl/N-ethyl adjacent to an activating group) is 1. The van der Waals surface area contributed by atoms with Crippen molar-refractivity contribution >= 4 is 27.6 Å². The lowest BCUT2D eigenvalue weighted by Gasteiger charge is -2.25. The van der Waals surface area contributed by atoms with Crippen LogP contribution in [0.1, 0.15) is 64.5 Å². The minimum absolute atomic E-state index is 0.163. The normalized spacial score (nSPS) is 20.5. The molecule has 0 aromatic heterocycles. The Labute approximate surface area is 191 Å². The van der Waals surface area contributed by atoms with Gasteiger partial charge < -0.3 is 10.1 Å². The van der Waals surface area contributed by atoms with Gasteiger partial charge in [-0.05, 0) is 62.9 Å². The van der Waals surface area contributed by atoms with Gasteiger partial charge in [0.25, 0.3) is 10.0 Å². The van der Waals surface area contributed by atoms with Crippen molar-refractivity contribution in [1.29, 1.82) is 0 Å². The minimum atomic E-state index is -3.73. The lowest BCUT2D eigenvalue weighted by atomic mass is 9.95. The zero-order valence-electron chi connectivity index (χ0n) is 18.8. The molecule has 1 aromatic rings. The maximum atomic E-state index is 13.3. The number of benzene rings is 1. The van der Waals surface area contributed by atoms with E-state index in [9.17, 15) is 13.2 Å². The van der Waals surface area contributed by atoms with Crippen molar-refractivity contribution in [3.05, 3.63) is 52.2 Å². The van der Waals surface area contributed by atoms with Crippen molar-refractivity contribution in [1.82, 2.24) is 9.62 Å². The number of halogens is 1. The summed E-state index contributed by atoms with van der Waals surface area (Å²) in [6.45, 7) is 6.81. The van der Waals surface area contributed by atoms with E-state index >= 15 is 0 Å². The van der Waals surface area contributed by atoms with E-state index < -0.39 is 10.0 Å². The monoisotopic (exact) mass is 468 g/mol. The standard InChI is InChI=1S/C23H33ClN2O4S/c1-5-11-20-18(6-2)23(25-15-10-8-9-12-22(27)30-7-3)19-14-13-17(24)16-21(19)31(28,29)26(20)4/h6,11,13-14,16,23,25H,5,7-10,12,15H2,1-4H3/b18-6?,20-11+. The van der Waals surface area contributed by atoms with Crippen LogP contribution in [-0.2, 0) is 19.6 Å². The van der Waals surface area contributed by atoms with Gasteiger partial charge in [0.05, 0.1) is 23.2 Å². The van der Waals surface area contributed by atoms with E-state index in [-0.39, 0.29) is 16.9 Å². The fourth-order valence-corrected chi connectivity index (χ4v) is 5.50. The summed E-state index contributed by atoms with van der Waals surface area (Å²) in [5.74, 6) is -0.163. The Morgan fingerprint density at radius 3 is 2.65 bits per heavy atom. The van der Waals surface area contributed by atoms with Crippen LogP contribution >= 0.6 is 11.6 Å². The van der Waals surface area contributed by atoms with E-state index in [2.05, 4.69) is 5.32 Å². The molecule has 1 unspecified atom stereocenters. The summed E-state index contributed by atoms with van der Waals surface area (Å²) >= 11 is 6.16. The van der Waals surface area contributed by atoms with Crippen LogP contribution in [0, 0.1) is 0 Å². The van der Waals surface area contributed by atoms with E-state index in [0.717, 1.165) is 24.8 Å². The number of carbonyl (C=O) groups excluding carboxylic acids is 1. The summed E-state index contributed by atoms with van der Waals surface area (Å²) in [5, 5.41) is 3.93. The van der Waals surface area contributed by atoms with E-state index in [1.54, 1.807) is 26.1 Å². The average Bonchev–Trinajstić information content (AvgIpc) is 2.79.